The summed E-state index contributed by atoms with van der Waals surface area (Å²) in [6.45, 7) is 1.23. The molecule has 4 aromatic rings. The summed E-state index contributed by atoms with van der Waals surface area (Å²) in [5, 5.41) is 21.5. The van der Waals surface area contributed by atoms with Crippen molar-refractivity contribution >= 4 is 22.8 Å². The molecular weight excluding hydrogens is 359 g/mol. The van der Waals surface area contributed by atoms with Crippen LogP contribution in [0.25, 0.3) is 16.7 Å². The monoisotopic (exact) mass is 370 g/mol. The van der Waals surface area contributed by atoms with Crippen LogP contribution in [0.1, 0.15) is 5.69 Å². The molecular formula is C15H11FN8O3. The maximum atomic E-state index is 13.1. The number of carbonyl (C=O) groups excluding carboxylic acids is 1. The van der Waals surface area contributed by atoms with Crippen molar-refractivity contribution in [3.63, 3.8) is 0 Å². The van der Waals surface area contributed by atoms with Crippen molar-refractivity contribution in [2.75, 3.05) is 5.32 Å². The number of amides is 1. The topological polar surface area (TPSA) is 134 Å². The number of fused-ring (bicyclic) bond motifs is 1. The van der Waals surface area contributed by atoms with Gasteiger partial charge in [0.25, 0.3) is 5.56 Å². The van der Waals surface area contributed by atoms with Gasteiger partial charge in [0.1, 0.15) is 23.4 Å². The summed E-state index contributed by atoms with van der Waals surface area (Å²) in [7, 11) is 0. The minimum atomic E-state index is -0.546. The van der Waals surface area contributed by atoms with Gasteiger partial charge in [0.05, 0.1) is 11.9 Å². The molecule has 0 aliphatic heterocycles. The van der Waals surface area contributed by atoms with Crippen LogP contribution in [0.15, 0.2) is 39.9 Å². The fourth-order valence-electron chi connectivity index (χ4n) is 2.39. The lowest BCUT2D eigenvalue weighted by Gasteiger charge is -2.05. The van der Waals surface area contributed by atoms with E-state index in [0.717, 1.165) is 4.68 Å². The molecule has 1 aromatic carbocycles. The summed E-state index contributed by atoms with van der Waals surface area (Å²) in [5.74, 6) is -0.783. The van der Waals surface area contributed by atoms with Crippen molar-refractivity contribution in [1.29, 1.82) is 0 Å². The highest BCUT2D eigenvalue weighted by atomic mass is 19.1. The average molecular weight is 370 g/mol. The summed E-state index contributed by atoms with van der Waals surface area (Å²) in [6.07, 6.45) is 1.32. The first-order chi connectivity index (χ1) is 13.0. The second kappa shape index (κ2) is 6.40. The Labute approximate surface area is 149 Å². The molecule has 0 fully saturated rings. The van der Waals surface area contributed by atoms with E-state index in [2.05, 4.69) is 35.7 Å². The van der Waals surface area contributed by atoms with Gasteiger partial charge in [-0.25, -0.2) is 18.4 Å². The lowest BCUT2D eigenvalue weighted by atomic mass is 10.3. The molecule has 4 rings (SSSR count). The number of nitrogens with one attached hydrogen (secondary N) is 1. The van der Waals surface area contributed by atoms with Crippen LogP contribution >= 0.6 is 0 Å². The highest BCUT2D eigenvalue weighted by Crippen LogP contribution is 2.13. The molecule has 3 aromatic heterocycles. The van der Waals surface area contributed by atoms with Crippen molar-refractivity contribution in [2.24, 2.45) is 0 Å². The van der Waals surface area contributed by atoms with Crippen LogP contribution in [-0.4, -0.2) is 41.0 Å². The number of benzene rings is 1. The first-order valence-electron chi connectivity index (χ1n) is 7.69. The maximum Gasteiger partial charge on any atom is 0.281 e. The van der Waals surface area contributed by atoms with Crippen LogP contribution in [0.2, 0.25) is 0 Å². The third kappa shape index (κ3) is 3.03. The number of aryl methyl sites for hydroxylation is 1. The van der Waals surface area contributed by atoms with E-state index < -0.39 is 17.3 Å². The predicted octanol–water partition coefficient (Wildman–Crippen LogP) is 0.446. The molecule has 3 heterocycles. The second-order valence-electron chi connectivity index (χ2n) is 5.57. The van der Waals surface area contributed by atoms with Crippen LogP contribution in [0.4, 0.5) is 10.2 Å². The lowest BCUT2D eigenvalue weighted by Crippen LogP contribution is -2.30. The number of nitrogens with zero attached hydrogens (tertiary/aromatic N) is 7. The zero-order valence-corrected chi connectivity index (χ0v) is 13.8. The van der Waals surface area contributed by atoms with Gasteiger partial charge in [-0.2, -0.15) is 5.10 Å². The molecule has 0 aliphatic carbocycles. The number of hydrogen-bond donors (Lipinski definition) is 1. The zero-order valence-electron chi connectivity index (χ0n) is 13.8. The van der Waals surface area contributed by atoms with Gasteiger partial charge in [0.15, 0.2) is 11.5 Å². The zero-order chi connectivity index (χ0) is 19.0. The molecule has 0 atom stereocenters. The highest BCUT2D eigenvalue weighted by molar-refractivity contribution is 5.90. The van der Waals surface area contributed by atoms with E-state index in [-0.39, 0.29) is 23.4 Å². The summed E-state index contributed by atoms with van der Waals surface area (Å²) < 4.78 is 19.8. The quantitative estimate of drug-likeness (QED) is 0.547. The number of rotatable bonds is 4. The molecule has 0 unspecified atom stereocenters. The normalized spacial score (nSPS) is 11.0. The van der Waals surface area contributed by atoms with Crippen LogP contribution in [0.3, 0.4) is 0 Å². The predicted molar refractivity (Wildman–Crippen MR) is 88.5 cm³/mol. The van der Waals surface area contributed by atoms with Crippen molar-refractivity contribution in [2.45, 2.75) is 13.5 Å². The fraction of sp³-hybridized carbons (Fsp3) is 0.133. The van der Waals surface area contributed by atoms with E-state index in [1.165, 1.54) is 35.1 Å². The van der Waals surface area contributed by atoms with E-state index in [9.17, 15) is 14.0 Å². The Morgan fingerprint density at radius 1 is 1.26 bits per heavy atom. The third-order valence-electron chi connectivity index (χ3n) is 3.73. The molecule has 136 valence electrons. The Kier molecular flexibility index (Phi) is 3.91. The smallest absolute Gasteiger partial charge is 0.281 e. The molecule has 0 saturated carbocycles. The van der Waals surface area contributed by atoms with Gasteiger partial charge in [-0.1, -0.05) is 10.4 Å². The summed E-state index contributed by atoms with van der Waals surface area (Å²) >= 11 is 0. The Morgan fingerprint density at radius 2 is 2.04 bits per heavy atom. The van der Waals surface area contributed by atoms with Gasteiger partial charge in [0, 0.05) is 0 Å². The van der Waals surface area contributed by atoms with E-state index in [1.807, 2.05) is 0 Å². The van der Waals surface area contributed by atoms with Crippen molar-refractivity contribution in [1.82, 2.24) is 35.1 Å². The Morgan fingerprint density at radius 3 is 2.74 bits per heavy atom. The lowest BCUT2D eigenvalue weighted by molar-refractivity contribution is -0.117. The molecule has 0 aliphatic rings. The minimum absolute atomic E-state index is 0.159. The standard InChI is InChI=1S/C15H11FN8O3/c1-8-13(21-27-20-8)18-12(25)7-23-15(26)11-6-17-24(14(11)19-22-23)10-4-2-9(16)3-5-10/h2-6H,7H2,1H3,(H,18,21,25). The molecule has 12 heteroatoms. The number of anilines is 1. The number of halogens is 1. The van der Waals surface area contributed by atoms with Crippen molar-refractivity contribution in [3.05, 3.63) is 52.3 Å². The van der Waals surface area contributed by atoms with Gasteiger partial charge in [-0.3, -0.25) is 9.59 Å². The van der Waals surface area contributed by atoms with E-state index in [1.54, 1.807) is 6.92 Å². The Hall–Kier alpha value is -3.96. The maximum absolute atomic E-state index is 13.1. The van der Waals surface area contributed by atoms with Gasteiger partial charge in [-0.05, 0) is 36.3 Å². The van der Waals surface area contributed by atoms with Gasteiger partial charge < -0.3 is 5.32 Å². The fourth-order valence-corrected chi connectivity index (χ4v) is 2.39. The second-order valence-corrected chi connectivity index (χ2v) is 5.57. The van der Waals surface area contributed by atoms with E-state index in [0.29, 0.717) is 11.4 Å². The van der Waals surface area contributed by atoms with Gasteiger partial charge in [0.2, 0.25) is 5.91 Å². The highest BCUT2D eigenvalue weighted by Gasteiger charge is 2.16. The molecule has 0 bridgehead atoms. The number of hydrogen-bond acceptors (Lipinski definition) is 8. The van der Waals surface area contributed by atoms with Crippen LogP contribution in [-0.2, 0) is 11.3 Å². The average Bonchev–Trinajstić information content (AvgIpc) is 3.25. The van der Waals surface area contributed by atoms with Crippen molar-refractivity contribution in [3.8, 4) is 5.69 Å². The van der Waals surface area contributed by atoms with Crippen molar-refractivity contribution < 1.29 is 13.8 Å². The Balaban J connectivity index is 1.63. The van der Waals surface area contributed by atoms with Gasteiger partial charge in [-0.15, -0.1) is 5.10 Å². The van der Waals surface area contributed by atoms with Crippen LogP contribution in [0, 0.1) is 12.7 Å². The molecule has 1 N–H and O–H groups in total. The summed E-state index contributed by atoms with van der Waals surface area (Å²) in [6, 6.07) is 5.53. The molecule has 1 amide bonds. The van der Waals surface area contributed by atoms with E-state index in [4.69, 9.17) is 0 Å². The number of carbonyl (C=O) groups is 1. The first kappa shape index (κ1) is 16.5. The SMILES string of the molecule is Cc1nonc1NC(=O)Cn1nnc2c(cnn2-c2ccc(F)cc2)c1=O. The molecule has 11 nitrogen and oxygen atoms in total. The molecule has 0 radical (unpaired) electrons. The largest absolute Gasteiger partial charge is 0.305 e. The third-order valence-corrected chi connectivity index (χ3v) is 3.73. The molecule has 0 saturated heterocycles. The number of aromatic nitrogens is 7. The molecule has 27 heavy (non-hydrogen) atoms. The minimum Gasteiger partial charge on any atom is -0.305 e. The molecule has 0 spiro atoms. The van der Waals surface area contributed by atoms with Crippen LogP contribution in [0.5, 0.6) is 0 Å². The van der Waals surface area contributed by atoms with Gasteiger partial charge >= 0.3 is 0 Å². The summed E-state index contributed by atoms with van der Waals surface area (Å²) in [5.41, 5.74) is 0.570. The van der Waals surface area contributed by atoms with Crippen LogP contribution < -0.4 is 10.9 Å². The Bertz CT molecular complexity index is 1190. The van der Waals surface area contributed by atoms with E-state index >= 15 is 0 Å². The summed E-state index contributed by atoms with van der Waals surface area (Å²) in [4.78, 5) is 24.6. The first-order valence-corrected chi connectivity index (χ1v) is 7.69.